The molecular weight excluding hydrogens is 417 g/mol. The van der Waals surface area contributed by atoms with Gasteiger partial charge < -0.3 is 15.0 Å². The molecule has 1 N–H and O–H groups in total. The van der Waals surface area contributed by atoms with E-state index in [1.807, 2.05) is 12.3 Å². The molecule has 0 spiro atoms. The minimum atomic E-state index is -0.310. The molecule has 2 heterocycles. The second-order valence-electron chi connectivity index (χ2n) is 6.98. The molecule has 1 aromatic rings. The van der Waals surface area contributed by atoms with Crippen molar-refractivity contribution in [3.05, 3.63) is 21.4 Å². The van der Waals surface area contributed by atoms with Gasteiger partial charge in [-0.25, -0.2) is 9.78 Å². The SMILES string of the molecule is COC(=O)c1cc(I)cnc1N1CCC(NC2CCCC2)C(C)C1. The van der Waals surface area contributed by atoms with E-state index in [0.717, 1.165) is 28.9 Å². The summed E-state index contributed by atoms with van der Waals surface area (Å²) in [6.07, 6.45) is 8.26. The van der Waals surface area contributed by atoms with E-state index in [1.165, 1.54) is 32.8 Å². The number of esters is 1. The fourth-order valence-corrected chi connectivity index (χ4v) is 4.38. The van der Waals surface area contributed by atoms with Crippen LogP contribution in [0, 0.1) is 9.49 Å². The molecule has 132 valence electrons. The van der Waals surface area contributed by atoms with Gasteiger partial charge in [-0.05, 0) is 53.8 Å². The van der Waals surface area contributed by atoms with Crippen LogP contribution in [0.5, 0.6) is 0 Å². The molecule has 0 bridgehead atoms. The van der Waals surface area contributed by atoms with Crippen molar-refractivity contribution in [2.75, 3.05) is 25.1 Å². The maximum absolute atomic E-state index is 12.1. The Morgan fingerprint density at radius 1 is 1.38 bits per heavy atom. The van der Waals surface area contributed by atoms with Crippen LogP contribution in [0.1, 0.15) is 49.4 Å². The molecule has 0 radical (unpaired) electrons. The van der Waals surface area contributed by atoms with Crippen LogP contribution in [0.25, 0.3) is 0 Å². The summed E-state index contributed by atoms with van der Waals surface area (Å²) in [7, 11) is 1.42. The Kier molecular flexibility index (Phi) is 5.97. The first-order chi connectivity index (χ1) is 11.6. The second-order valence-corrected chi connectivity index (χ2v) is 8.23. The van der Waals surface area contributed by atoms with Crippen molar-refractivity contribution in [2.24, 2.45) is 5.92 Å². The van der Waals surface area contributed by atoms with Gasteiger partial charge in [0.2, 0.25) is 0 Å². The highest BCUT2D eigenvalue weighted by Crippen LogP contribution is 2.28. The van der Waals surface area contributed by atoms with E-state index in [2.05, 4.69) is 44.7 Å². The minimum absolute atomic E-state index is 0.310. The van der Waals surface area contributed by atoms with Crippen LogP contribution in [0.4, 0.5) is 5.82 Å². The molecular formula is C18H26IN3O2. The van der Waals surface area contributed by atoms with Gasteiger partial charge in [0.15, 0.2) is 0 Å². The summed E-state index contributed by atoms with van der Waals surface area (Å²) in [5.74, 6) is 0.981. The van der Waals surface area contributed by atoms with Crippen LogP contribution < -0.4 is 10.2 Å². The number of ether oxygens (including phenoxy) is 1. The Hall–Kier alpha value is -0.890. The zero-order chi connectivity index (χ0) is 17.1. The van der Waals surface area contributed by atoms with Crippen molar-refractivity contribution in [1.29, 1.82) is 0 Å². The molecule has 2 atom stereocenters. The number of hydrogen-bond acceptors (Lipinski definition) is 5. The zero-order valence-electron chi connectivity index (χ0n) is 14.4. The molecule has 0 amide bonds. The summed E-state index contributed by atoms with van der Waals surface area (Å²) in [6.45, 7) is 4.14. The standard InChI is InChI=1S/C18H26IN3O2/c1-12-11-22(8-7-16(12)21-14-5-3-4-6-14)17-15(18(23)24-2)9-13(19)10-20-17/h9-10,12,14,16,21H,3-8,11H2,1-2H3. The van der Waals surface area contributed by atoms with Gasteiger partial charge in [0.05, 0.1) is 7.11 Å². The number of hydrogen-bond donors (Lipinski definition) is 1. The first-order valence-electron chi connectivity index (χ1n) is 8.83. The summed E-state index contributed by atoms with van der Waals surface area (Å²) in [4.78, 5) is 18.9. The van der Waals surface area contributed by atoms with Crippen LogP contribution in [-0.2, 0) is 4.74 Å². The summed E-state index contributed by atoms with van der Waals surface area (Å²) >= 11 is 2.18. The van der Waals surface area contributed by atoms with Gasteiger partial charge in [0.25, 0.3) is 0 Å². The van der Waals surface area contributed by atoms with Crippen molar-refractivity contribution in [1.82, 2.24) is 10.3 Å². The largest absolute Gasteiger partial charge is 0.465 e. The maximum Gasteiger partial charge on any atom is 0.341 e. The Bertz CT molecular complexity index is 590. The van der Waals surface area contributed by atoms with Crippen LogP contribution in [0.15, 0.2) is 12.3 Å². The van der Waals surface area contributed by atoms with Gasteiger partial charge in [0.1, 0.15) is 11.4 Å². The molecule has 6 heteroatoms. The van der Waals surface area contributed by atoms with Crippen molar-refractivity contribution in [2.45, 2.75) is 51.1 Å². The van der Waals surface area contributed by atoms with Gasteiger partial charge >= 0.3 is 5.97 Å². The minimum Gasteiger partial charge on any atom is -0.465 e. The maximum atomic E-state index is 12.1. The Morgan fingerprint density at radius 2 is 2.12 bits per heavy atom. The number of piperidine rings is 1. The fourth-order valence-electron chi connectivity index (χ4n) is 3.93. The lowest BCUT2D eigenvalue weighted by Gasteiger charge is -2.39. The highest BCUT2D eigenvalue weighted by Gasteiger charge is 2.31. The summed E-state index contributed by atoms with van der Waals surface area (Å²) in [5.41, 5.74) is 0.568. The van der Waals surface area contributed by atoms with Gasteiger partial charge in [0, 0.05) is 34.9 Å². The highest BCUT2D eigenvalue weighted by molar-refractivity contribution is 14.1. The highest BCUT2D eigenvalue weighted by atomic mass is 127. The number of aromatic nitrogens is 1. The third kappa shape index (κ3) is 4.02. The Balaban J connectivity index is 1.70. The van der Waals surface area contributed by atoms with Crippen molar-refractivity contribution < 1.29 is 9.53 Å². The molecule has 1 aromatic heterocycles. The van der Waals surface area contributed by atoms with Crippen LogP contribution in [0.2, 0.25) is 0 Å². The Labute approximate surface area is 157 Å². The summed E-state index contributed by atoms with van der Waals surface area (Å²) < 4.78 is 5.88. The van der Waals surface area contributed by atoms with Crippen molar-refractivity contribution in [3.8, 4) is 0 Å². The molecule has 24 heavy (non-hydrogen) atoms. The fraction of sp³-hybridized carbons (Fsp3) is 0.667. The molecule has 3 rings (SSSR count). The normalized spacial score (nSPS) is 25.0. The lowest BCUT2D eigenvalue weighted by atomic mass is 9.92. The van der Waals surface area contributed by atoms with Crippen LogP contribution >= 0.6 is 22.6 Å². The first kappa shape index (κ1) is 17.9. The van der Waals surface area contributed by atoms with E-state index in [1.54, 1.807) is 0 Å². The quantitative estimate of drug-likeness (QED) is 0.572. The molecule has 5 nitrogen and oxygen atoms in total. The number of nitrogens with zero attached hydrogens (tertiary/aromatic N) is 2. The van der Waals surface area contributed by atoms with Crippen molar-refractivity contribution >= 4 is 34.4 Å². The second kappa shape index (κ2) is 7.99. The van der Waals surface area contributed by atoms with E-state index in [4.69, 9.17) is 4.74 Å². The number of carbonyl (C=O) groups is 1. The van der Waals surface area contributed by atoms with Gasteiger partial charge in [-0.1, -0.05) is 19.8 Å². The number of rotatable bonds is 4. The lowest BCUT2D eigenvalue weighted by molar-refractivity contribution is 0.0600. The van der Waals surface area contributed by atoms with E-state index in [-0.39, 0.29) is 5.97 Å². The lowest BCUT2D eigenvalue weighted by Crippen LogP contribution is -2.51. The van der Waals surface area contributed by atoms with Crippen LogP contribution in [0.3, 0.4) is 0 Å². The summed E-state index contributed by atoms with van der Waals surface area (Å²) in [5, 5.41) is 3.86. The predicted molar refractivity (Wildman–Crippen MR) is 103 cm³/mol. The topological polar surface area (TPSA) is 54.5 Å². The molecule has 1 aliphatic heterocycles. The average molecular weight is 443 g/mol. The molecule has 2 aliphatic rings. The molecule has 1 saturated heterocycles. The summed E-state index contributed by atoms with van der Waals surface area (Å²) in [6, 6.07) is 3.13. The Morgan fingerprint density at radius 3 is 2.79 bits per heavy atom. The molecule has 1 aliphatic carbocycles. The molecule has 0 aromatic carbocycles. The van der Waals surface area contributed by atoms with E-state index < -0.39 is 0 Å². The monoisotopic (exact) mass is 443 g/mol. The number of nitrogens with one attached hydrogen (secondary N) is 1. The van der Waals surface area contributed by atoms with Crippen LogP contribution in [-0.4, -0.2) is 43.2 Å². The number of carbonyl (C=O) groups excluding carboxylic acids is 1. The van der Waals surface area contributed by atoms with Crippen molar-refractivity contribution in [3.63, 3.8) is 0 Å². The van der Waals surface area contributed by atoms with E-state index in [9.17, 15) is 4.79 Å². The molecule has 2 unspecified atom stereocenters. The number of methoxy groups -OCH3 is 1. The smallest absolute Gasteiger partial charge is 0.341 e. The number of halogens is 1. The van der Waals surface area contributed by atoms with Gasteiger partial charge in [-0.2, -0.15) is 0 Å². The first-order valence-corrected chi connectivity index (χ1v) is 9.91. The number of pyridine rings is 1. The number of anilines is 1. The van der Waals surface area contributed by atoms with E-state index >= 15 is 0 Å². The predicted octanol–water partition coefficient (Wildman–Crippen LogP) is 3.22. The van der Waals surface area contributed by atoms with Gasteiger partial charge in [-0.15, -0.1) is 0 Å². The molecule has 2 fully saturated rings. The third-order valence-electron chi connectivity index (χ3n) is 5.25. The zero-order valence-corrected chi connectivity index (χ0v) is 16.6. The van der Waals surface area contributed by atoms with E-state index in [0.29, 0.717) is 23.6 Å². The molecule has 1 saturated carbocycles. The van der Waals surface area contributed by atoms with Gasteiger partial charge in [-0.3, -0.25) is 0 Å². The third-order valence-corrected chi connectivity index (χ3v) is 5.84. The average Bonchev–Trinajstić information content (AvgIpc) is 3.09.